The second-order valence-electron chi connectivity index (χ2n) is 4.47. The van der Waals surface area contributed by atoms with Crippen LogP contribution in [0.3, 0.4) is 0 Å². The number of ketones is 1. The molecule has 1 aliphatic rings. The fourth-order valence-electron chi connectivity index (χ4n) is 2.01. The van der Waals surface area contributed by atoms with E-state index >= 15 is 0 Å². The molecule has 0 aromatic rings. The summed E-state index contributed by atoms with van der Waals surface area (Å²) in [5.41, 5.74) is 0. The molecule has 0 unspecified atom stereocenters. The van der Waals surface area contributed by atoms with Crippen molar-refractivity contribution in [3.8, 4) is 0 Å². The Morgan fingerprint density at radius 1 is 1.20 bits per heavy atom. The second kappa shape index (κ2) is 6.96. The quantitative estimate of drug-likeness (QED) is 0.635. The predicted molar refractivity (Wildman–Crippen MR) is 58.8 cm³/mol. The largest absolute Gasteiger partial charge is 0.382 e. The van der Waals surface area contributed by atoms with Gasteiger partial charge in [0.05, 0.1) is 13.2 Å². The molecule has 0 atom stereocenters. The van der Waals surface area contributed by atoms with Crippen LogP contribution in [0.25, 0.3) is 0 Å². The van der Waals surface area contributed by atoms with Crippen LogP contribution in [-0.2, 0) is 14.3 Å². The monoisotopic (exact) mass is 214 g/mol. The maximum atomic E-state index is 11.7. The number of methoxy groups -OCH3 is 1. The van der Waals surface area contributed by atoms with E-state index in [2.05, 4.69) is 6.92 Å². The number of Topliss-reactive ketones (excluding diaryl/α,β-unsaturated/α-hetero) is 1. The zero-order valence-corrected chi connectivity index (χ0v) is 9.83. The minimum absolute atomic E-state index is 0.253. The predicted octanol–water partition coefficient (Wildman–Crippen LogP) is 2.04. The molecule has 0 heterocycles. The maximum absolute atomic E-state index is 11.7. The molecule has 0 aromatic heterocycles. The second-order valence-corrected chi connectivity index (χ2v) is 4.47. The zero-order chi connectivity index (χ0) is 11.1. The summed E-state index contributed by atoms with van der Waals surface area (Å²) in [6, 6.07) is 0. The lowest BCUT2D eigenvalue weighted by molar-refractivity contribution is -0.129. The molecule has 3 nitrogen and oxygen atoms in total. The third-order valence-electron chi connectivity index (χ3n) is 3.15. The van der Waals surface area contributed by atoms with E-state index in [4.69, 9.17) is 9.47 Å². The van der Waals surface area contributed by atoms with Gasteiger partial charge >= 0.3 is 0 Å². The molecule has 0 aromatic carbocycles. The van der Waals surface area contributed by atoms with E-state index in [9.17, 15) is 4.79 Å². The van der Waals surface area contributed by atoms with Gasteiger partial charge in [-0.1, -0.05) is 19.8 Å². The zero-order valence-electron chi connectivity index (χ0n) is 9.83. The van der Waals surface area contributed by atoms with Gasteiger partial charge in [0.15, 0.2) is 5.78 Å². The van der Waals surface area contributed by atoms with Crippen molar-refractivity contribution in [2.75, 3.05) is 26.9 Å². The first-order valence-electron chi connectivity index (χ1n) is 5.83. The molecular formula is C12H22O3. The van der Waals surface area contributed by atoms with E-state index in [1.54, 1.807) is 7.11 Å². The summed E-state index contributed by atoms with van der Waals surface area (Å²) in [5.74, 6) is 1.32. The van der Waals surface area contributed by atoms with Crippen molar-refractivity contribution in [2.24, 2.45) is 11.8 Å². The average Bonchev–Trinajstić information content (AvgIpc) is 2.25. The molecule has 0 saturated heterocycles. The molecule has 1 aliphatic carbocycles. The summed E-state index contributed by atoms with van der Waals surface area (Å²) in [7, 11) is 1.63. The lowest BCUT2D eigenvalue weighted by Crippen LogP contribution is -2.25. The highest BCUT2D eigenvalue weighted by atomic mass is 16.5. The Balaban J connectivity index is 2.11. The number of rotatable bonds is 6. The highest BCUT2D eigenvalue weighted by Crippen LogP contribution is 2.28. The van der Waals surface area contributed by atoms with Crippen LogP contribution in [0, 0.1) is 11.8 Å². The summed E-state index contributed by atoms with van der Waals surface area (Å²) < 4.78 is 10.1. The van der Waals surface area contributed by atoms with Gasteiger partial charge in [0.2, 0.25) is 0 Å². The van der Waals surface area contributed by atoms with Crippen LogP contribution in [0.15, 0.2) is 0 Å². The van der Waals surface area contributed by atoms with Crippen LogP contribution in [-0.4, -0.2) is 32.7 Å². The first-order valence-corrected chi connectivity index (χ1v) is 5.83. The molecule has 0 radical (unpaired) electrons. The molecule has 15 heavy (non-hydrogen) atoms. The summed E-state index contributed by atoms with van der Waals surface area (Å²) in [5, 5.41) is 0. The summed E-state index contributed by atoms with van der Waals surface area (Å²) in [4.78, 5) is 11.7. The number of carbonyl (C=O) groups excluding carboxylic acids is 1. The minimum Gasteiger partial charge on any atom is -0.382 e. The van der Waals surface area contributed by atoms with Crippen molar-refractivity contribution < 1.29 is 14.3 Å². The first-order chi connectivity index (χ1) is 7.24. The van der Waals surface area contributed by atoms with Crippen molar-refractivity contribution in [1.82, 2.24) is 0 Å². The number of hydrogen-bond acceptors (Lipinski definition) is 3. The van der Waals surface area contributed by atoms with Crippen LogP contribution < -0.4 is 0 Å². The molecule has 0 spiro atoms. The third kappa shape index (κ3) is 4.76. The molecule has 0 N–H and O–H groups in total. The SMILES string of the molecule is COCCOCC(=O)C1CCC(C)CC1. The summed E-state index contributed by atoms with van der Waals surface area (Å²) in [6.07, 6.45) is 4.48. The van der Waals surface area contributed by atoms with Gasteiger partial charge in [-0.2, -0.15) is 0 Å². The molecule has 88 valence electrons. The Labute approximate surface area is 92.1 Å². The van der Waals surface area contributed by atoms with Gasteiger partial charge in [0.25, 0.3) is 0 Å². The topological polar surface area (TPSA) is 35.5 Å². The van der Waals surface area contributed by atoms with Crippen molar-refractivity contribution in [2.45, 2.75) is 32.6 Å². The fraction of sp³-hybridized carbons (Fsp3) is 0.917. The highest BCUT2D eigenvalue weighted by Gasteiger charge is 2.23. The van der Waals surface area contributed by atoms with Crippen molar-refractivity contribution in [3.63, 3.8) is 0 Å². The van der Waals surface area contributed by atoms with Crippen molar-refractivity contribution >= 4 is 5.78 Å². The molecule has 0 amide bonds. The van der Waals surface area contributed by atoms with Gasteiger partial charge in [0, 0.05) is 13.0 Å². The molecule has 0 bridgehead atoms. The van der Waals surface area contributed by atoms with E-state index < -0.39 is 0 Å². The standard InChI is InChI=1S/C12H22O3/c1-10-3-5-11(6-4-10)12(13)9-15-8-7-14-2/h10-11H,3-9H2,1-2H3. The normalized spacial score (nSPS) is 26.5. The van der Waals surface area contributed by atoms with Gasteiger partial charge in [-0.05, 0) is 18.8 Å². The molecule has 1 saturated carbocycles. The lowest BCUT2D eigenvalue weighted by atomic mass is 9.81. The van der Waals surface area contributed by atoms with E-state index in [1.165, 1.54) is 12.8 Å². The lowest BCUT2D eigenvalue weighted by Gasteiger charge is -2.24. The average molecular weight is 214 g/mol. The fourth-order valence-corrected chi connectivity index (χ4v) is 2.01. The van der Waals surface area contributed by atoms with E-state index in [-0.39, 0.29) is 18.3 Å². The number of carbonyl (C=O) groups is 1. The van der Waals surface area contributed by atoms with Crippen molar-refractivity contribution in [3.05, 3.63) is 0 Å². The molecule has 1 rings (SSSR count). The third-order valence-corrected chi connectivity index (χ3v) is 3.15. The Hall–Kier alpha value is -0.410. The Morgan fingerprint density at radius 3 is 2.47 bits per heavy atom. The van der Waals surface area contributed by atoms with E-state index in [0.717, 1.165) is 18.8 Å². The van der Waals surface area contributed by atoms with Gasteiger partial charge in [0.1, 0.15) is 6.61 Å². The number of hydrogen-bond donors (Lipinski definition) is 0. The van der Waals surface area contributed by atoms with Crippen LogP contribution >= 0.6 is 0 Å². The first kappa shape index (κ1) is 12.7. The van der Waals surface area contributed by atoms with Crippen LogP contribution in [0.1, 0.15) is 32.6 Å². The Kier molecular flexibility index (Phi) is 5.88. The number of ether oxygens (including phenoxy) is 2. The minimum atomic E-state index is 0.253. The van der Waals surface area contributed by atoms with Gasteiger partial charge in [-0.3, -0.25) is 4.79 Å². The maximum Gasteiger partial charge on any atom is 0.161 e. The summed E-state index contributed by atoms with van der Waals surface area (Å²) >= 11 is 0. The molecular weight excluding hydrogens is 192 g/mol. The van der Waals surface area contributed by atoms with Gasteiger partial charge in [-0.25, -0.2) is 0 Å². The van der Waals surface area contributed by atoms with Crippen LogP contribution in [0.4, 0.5) is 0 Å². The molecule has 1 fully saturated rings. The Bertz CT molecular complexity index is 183. The summed E-state index contributed by atoms with van der Waals surface area (Å²) in [6.45, 7) is 3.61. The molecule has 0 aliphatic heterocycles. The van der Waals surface area contributed by atoms with Crippen LogP contribution in [0.5, 0.6) is 0 Å². The van der Waals surface area contributed by atoms with Crippen LogP contribution in [0.2, 0.25) is 0 Å². The van der Waals surface area contributed by atoms with Gasteiger partial charge < -0.3 is 9.47 Å². The smallest absolute Gasteiger partial charge is 0.161 e. The van der Waals surface area contributed by atoms with Crippen molar-refractivity contribution in [1.29, 1.82) is 0 Å². The van der Waals surface area contributed by atoms with E-state index in [0.29, 0.717) is 13.2 Å². The molecule has 3 heteroatoms. The Morgan fingerprint density at radius 2 is 1.87 bits per heavy atom. The van der Waals surface area contributed by atoms with E-state index in [1.807, 2.05) is 0 Å². The van der Waals surface area contributed by atoms with Gasteiger partial charge in [-0.15, -0.1) is 0 Å². The highest BCUT2D eigenvalue weighted by molar-refractivity contribution is 5.82.